The molecule has 1 aliphatic heterocycles. The summed E-state index contributed by atoms with van der Waals surface area (Å²) in [7, 11) is -15.4. The number of phosphoric acid groups is 3. The quantitative estimate of drug-likeness (QED) is 0.121. The average molecular weight is 639 g/mol. The fraction of sp³-hybridized carbons (Fsp3) is 0.300. The number of phosphoric ester groups is 2. The van der Waals surface area contributed by atoms with Gasteiger partial charge in [-0.1, -0.05) is 30.3 Å². The first-order valence-electron chi connectivity index (χ1n) is 11.3. The minimum Gasteiger partial charge on any atom is -0.404 e. The van der Waals surface area contributed by atoms with Gasteiger partial charge < -0.3 is 29.3 Å². The van der Waals surface area contributed by atoms with Gasteiger partial charge in [-0.25, -0.2) is 24.0 Å². The fourth-order valence-corrected chi connectivity index (χ4v) is 7.22. The molecule has 7 atom stereocenters. The molecule has 41 heavy (non-hydrogen) atoms. The molecule has 4 rings (SSSR count). The van der Waals surface area contributed by atoms with Crippen LogP contribution in [0.2, 0.25) is 0 Å². The summed E-state index contributed by atoms with van der Waals surface area (Å²) in [5.74, 6) is -0.192. The van der Waals surface area contributed by atoms with Gasteiger partial charge in [-0.15, -0.1) is 0 Å². The van der Waals surface area contributed by atoms with Gasteiger partial charge in [-0.05, 0) is 29.0 Å². The predicted molar refractivity (Wildman–Crippen MR) is 137 cm³/mol. The molecule has 0 saturated carbocycles. The zero-order valence-electron chi connectivity index (χ0n) is 20.8. The van der Waals surface area contributed by atoms with Crippen molar-refractivity contribution >= 4 is 40.1 Å². The van der Waals surface area contributed by atoms with E-state index in [-0.39, 0.29) is 11.6 Å². The second-order valence-corrected chi connectivity index (χ2v) is 12.9. The molecule has 1 aliphatic rings. The summed E-state index contributed by atoms with van der Waals surface area (Å²) >= 11 is 0. The summed E-state index contributed by atoms with van der Waals surface area (Å²) < 4.78 is 60.4. The maximum Gasteiger partial charge on any atom is 0.536 e. The van der Waals surface area contributed by atoms with Crippen molar-refractivity contribution in [2.24, 2.45) is 0 Å². The number of hydrogen-bond donors (Lipinski definition) is 6. The highest BCUT2D eigenvalue weighted by Crippen LogP contribution is 2.67. The standard InChI is InChI=1S/C20H24N3O15P3/c1-33-22-16-8-9-23(20(26)21-16)19-18(25)17(24)15(35-19)11-34-39(27,28)37-41(31,32)38-40(29,30)36-14-7-6-12-4-2-3-5-13(12)10-14/h2-10,15,17-19,24-25H,11H2,1H3,(H,27,28)(H,29,30)(H,31,32)(H,21,22,26)/t15-,17-,18-,19-/m1/s1. The van der Waals surface area contributed by atoms with E-state index in [2.05, 4.69) is 28.4 Å². The van der Waals surface area contributed by atoms with Crippen LogP contribution in [-0.2, 0) is 36.4 Å². The molecular formula is C20H24N3O15P3. The summed E-state index contributed by atoms with van der Waals surface area (Å²) in [5, 5.41) is 21.9. The number of aliphatic hydroxyl groups excluding tert-OH is 2. The van der Waals surface area contributed by atoms with Crippen LogP contribution in [0.5, 0.6) is 5.75 Å². The van der Waals surface area contributed by atoms with Crippen molar-refractivity contribution in [3.05, 3.63) is 65.2 Å². The Morgan fingerprint density at radius 1 is 0.951 bits per heavy atom. The molecule has 1 fully saturated rings. The van der Waals surface area contributed by atoms with Crippen molar-refractivity contribution < 1.29 is 65.8 Å². The highest BCUT2D eigenvalue weighted by molar-refractivity contribution is 7.67. The van der Waals surface area contributed by atoms with Gasteiger partial charge in [-0.3, -0.25) is 18.8 Å². The zero-order valence-corrected chi connectivity index (χ0v) is 23.5. The van der Waals surface area contributed by atoms with E-state index in [1.807, 2.05) is 0 Å². The van der Waals surface area contributed by atoms with Crippen LogP contribution < -0.4 is 15.7 Å². The Labute approximate surface area is 230 Å². The molecule has 0 radical (unpaired) electrons. The monoisotopic (exact) mass is 639 g/mol. The normalized spacial score (nSPS) is 25.2. The Morgan fingerprint density at radius 3 is 2.32 bits per heavy atom. The summed E-state index contributed by atoms with van der Waals surface area (Å²) in [5.41, 5.74) is 1.40. The maximum absolute atomic E-state index is 12.3. The lowest BCUT2D eigenvalue weighted by atomic mass is 10.1. The minimum atomic E-state index is -5.79. The Hall–Kier alpha value is -2.53. The highest BCUT2D eigenvalue weighted by Gasteiger charge is 2.47. The number of fused-ring (bicyclic) bond motifs is 1. The molecule has 2 aromatic carbocycles. The van der Waals surface area contributed by atoms with Gasteiger partial charge in [0.2, 0.25) is 0 Å². The first-order chi connectivity index (χ1) is 19.2. The van der Waals surface area contributed by atoms with Crippen LogP contribution in [0.1, 0.15) is 6.23 Å². The number of ether oxygens (including phenoxy) is 1. The minimum absolute atomic E-state index is 0.0331. The van der Waals surface area contributed by atoms with Crippen molar-refractivity contribution in [3.8, 4) is 5.75 Å². The number of benzene rings is 2. The van der Waals surface area contributed by atoms with Crippen LogP contribution >= 0.6 is 23.5 Å². The average Bonchev–Trinajstić information content (AvgIpc) is 3.14. The molecular weight excluding hydrogens is 615 g/mol. The van der Waals surface area contributed by atoms with Crippen LogP contribution in [0.15, 0.2) is 59.5 Å². The van der Waals surface area contributed by atoms with E-state index in [0.29, 0.717) is 5.39 Å². The Balaban J connectivity index is 1.35. The molecule has 2 heterocycles. The van der Waals surface area contributed by atoms with Gasteiger partial charge in [0.1, 0.15) is 24.1 Å². The molecule has 0 spiro atoms. The first-order valence-corrected chi connectivity index (χ1v) is 15.8. The number of anilines is 1. The topological polar surface area (TPSA) is 255 Å². The van der Waals surface area contributed by atoms with Gasteiger partial charge in [-0.2, -0.15) is 13.6 Å². The van der Waals surface area contributed by atoms with E-state index in [9.17, 15) is 43.4 Å². The lowest BCUT2D eigenvalue weighted by Gasteiger charge is -2.20. The molecule has 0 aliphatic carbocycles. The molecule has 6 N–H and O–H groups in total. The van der Waals surface area contributed by atoms with Crippen LogP contribution in [0, 0.1) is 0 Å². The Bertz CT molecular complexity index is 1600. The summed E-state index contributed by atoms with van der Waals surface area (Å²) in [6, 6.07) is 12.3. The molecule has 0 amide bonds. The van der Waals surface area contributed by atoms with E-state index < -0.39 is 60.3 Å². The molecule has 0 bridgehead atoms. The van der Waals surface area contributed by atoms with Gasteiger partial charge >= 0.3 is 29.2 Å². The highest BCUT2D eigenvalue weighted by atomic mass is 31.3. The van der Waals surface area contributed by atoms with Crippen LogP contribution in [0.25, 0.3) is 10.8 Å². The van der Waals surface area contributed by atoms with E-state index >= 15 is 0 Å². The second-order valence-electron chi connectivity index (χ2n) is 8.32. The van der Waals surface area contributed by atoms with Gasteiger partial charge in [0.25, 0.3) is 0 Å². The third-order valence-corrected chi connectivity index (χ3v) is 9.62. The number of aromatic nitrogens is 2. The molecule has 1 aromatic heterocycles. The molecule has 1 saturated heterocycles. The fourth-order valence-electron chi connectivity index (χ4n) is 3.71. The molecule has 224 valence electrons. The third kappa shape index (κ3) is 8.06. The summed E-state index contributed by atoms with van der Waals surface area (Å²) in [4.78, 5) is 50.1. The van der Waals surface area contributed by atoms with Crippen molar-refractivity contribution in [3.63, 3.8) is 0 Å². The van der Waals surface area contributed by atoms with E-state index in [1.54, 1.807) is 24.3 Å². The number of nitrogens with one attached hydrogen (secondary N) is 1. The van der Waals surface area contributed by atoms with Crippen LogP contribution in [0.4, 0.5) is 5.82 Å². The Kier molecular flexibility index (Phi) is 9.48. The Morgan fingerprint density at radius 2 is 1.63 bits per heavy atom. The second kappa shape index (κ2) is 12.4. The number of rotatable bonds is 12. The van der Waals surface area contributed by atoms with Crippen molar-refractivity contribution in [2.45, 2.75) is 24.5 Å². The van der Waals surface area contributed by atoms with E-state index in [0.717, 1.165) is 16.2 Å². The first kappa shape index (κ1) is 31.4. The number of hydrogen-bond acceptors (Lipinski definition) is 14. The third-order valence-electron chi connectivity index (χ3n) is 5.40. The number of aliphatic hydroxyl groups is 2. The lowest BCUT2D eigenvalue weighted by molar-refractivity contribution is -0.0541. The van der Waals surface area contributed by atoms with Gasteiger partial charge in [0.15, 0.2) is 12.0 Å². The van der Waals surface area contributed by atoms with Crippen LogP contribution in [0.3, 0.4) is 0 Å². The molecule has 18 nitrogen and oxygen atoms in total. The van der Waals surface area contributed by atoms with E-state index in [1.165, 1.54) is 31.4 Å². The summed E-state index contributed by atoms with van der Waals surface area (Å²) in [6.45, 7) is -1.02. The van der Waals surface area contributed by atoms with Crippen LogP contribution in [-0.4, -0.2) is 66.5 Å². The molecule has 3 unspecified atom stereocenters. The maximum atomic E-state index is 12.3. The molecule has 21 heteroatoms. The predicted octanol–water partition coefficient (Wildman–Crippen LogP) is 1.42. The SMILES string of the molecule is CONc1ccn([C@@H]2O[C@H](COP(=O)(O)OP(=O)(O)OP(=O)(O)Oc3ccc4ccccc4c3)[C@@H](O)[C@H]2O)c(=O)n1. The lowest BCUT2D eigenvalue weighted by Crippen LogP contribution is -2.36. The van der Waals surface area contributed by atoms with Crippen molar-refractivity contribution in [2.75, 3.05) is 19.2 Å². The molecule has 3 aromatic rings. The van der Waals surface area contributed by atoms with Crippen molar-refractivity contribution in [1.82, 2.24) is 9.55 Å². The zero-order chi connectivity index (χ0) is 30.0. The van der Waals surface area contributed by atoms with E-state index in [4.69, 9.17) is 9.26 Å². The van der Waals surface area contributed by atoms with Crippen molar-refractivity contribution in [1.29, 1.82) is 0 Å². The smallest absolute Gasteiger partial charge is 0.404 e. The number of nitrogens with zero attached hydrogens (tertiary/aromatic N) is 2. The largest absolute Gasteiger partial charge is 0.536 e. The van der Waals surface area contributed by atoms with Gasteiger partial charge in [0, 0.05) is 6.20 Å². The summed E-state index contributed by atoms with van der Waals surface area (Å²) in [6.07, 6.45) is -5.40. The van der Waals surface area contributed by atoms with Gasteiger partial charge in [0.05, 0.1) is 13.7 Å².